The topological polar surface area (TPSA) is 44.4 Å². The smallest absolute Gasteiger partial charge is 0.253 e. The quantitative estimate of drug-likeness (QED) is 0.793. The summed E-state index contributed by atoms with van der Waals surface area (Å²) in [6.45, 7) is 2.75. The third-order valence-electron chi connectivity index (χ3n) is 3.56. The summed E-state index contributed by atoms with van der Waals surface area (Å²) in [5, 5.41) is 6.46. The van der Waals surface area contributed by atoms with Crippen LogP contribution in [-0.2, 0) is 6.42 Å². The lowest BCUT2D eigenvalue weighted by Gasteiger charge is -2.21. The van der Waals surface area contributed by atoms with Crippen LogP contribution in [-0.4, -0.2) is 44.5 Å². The van der Waals surface area contributed by atoms with E-state index in [-0.39, 0.29) is 5.91 Å². The van der Waals surface area contributed by atoms with Gasteiger partial charge in [-0.05, 0) is 56.6 Å². The van der Waals surface area contributed by atoms with Crippen molar-refractivity contribution in [2.75, 3.05) is 39.0 Å². The van der Waals surface area contributed by atoms with Crippen molar-refractivity contribution in [2.45, 2.75) is 19.3 Å². The molecule has 2 rings (SSSR count). The molecule has 1 amide bonds. The van der Waals surface area contributed by atoms with Crippen LogP contribution in [0.1, 0.15) is 28.8 Å². The highest BCUT2D eigenvalue weighted by Gasteiger charge is 2.15. The predicted molar refractivity (Wildman–Crippen MR) is 78.8 cm³/mol. The van der Waals surface area contributed by atoms with Gasteiger partial charge in [-0.25, -0.2) is 0 Å². The van der Waals surface area contributed by atoms with Crippen molar-refractivity contribution in [3.8, 4) is 0 Å². The zero-order valence-corrected chi connectivity index (χ0v) is 11.8. The van der Waals surface area contributed by atoms with Gasteiger partial charge in [0.2, 0.25) is 0 Å². The number of fused-ring (bicyclic) bond motifs is 1. The minimum atomic E-state index is 0.115. The average molecular weight is 261 g/mol. The van der Waals surface area contributed by atoms with E-state index in [9.17, 15) is 4.79 Å². The minimum absolute atomic E-state index is 0.115. The molecule has 0 saturated carbocycles. The fourth-order valence-corrected chi connectivity index (χ4v) is 2.42. The number of amides is 1. The molecule has 0 aliphatic carbocycles. The van der Waals surface area contributed by atoms with E-state index in [1.165, 1.54) is 11.3 Å². The van der Waals surface area contributed by atoms with Gasteiger partial charge in [-0.3, -0.25) is 4.79 Å². The molecule has 1 aromatic rings. The Bertz CT molecular complexity index is 445. The van der Waals surface area contributed by atoms with E-state index in [4.69, 9.17) is 0 Å². The molecule has 1 aromatic carbocycles. The molecule has 19 heavy (non-hydrogen) atoms. The summed E-state index contributed by atoms with van der Waals surface area (Å²) in [6.07, 6.45) is 3.18. The van der Waals surface area contributed by atoms with Crippen molar-refractivity contribution in [3.05, 3.63) is 29.3 Å². The first-order chi connectivity index (χ1) is 9.22. The third kappa shape index (κ3) is 3.47. The van der Waals surface area contributed by atoms with Crippen LogP contribution in [0.2, 0.25) is 0 Å². The van der Waals surface area contributed by atoms with Crippen LogP contribution in [0, 0.1) is 0 Å². The molecule has 104 valence electrons. The molecule has 0 saturated heterocycles. The van der Waals surface area contributed by atoms with Gasteiger partial charge in [0.15, 0.2) is 0 Å². The van der Waals surface area contributed by atoms with Crippen molar-refractivity contribution < 1.29 is 4.79 Å². The first-order valence-electron chi connectivity index (χ1n) is 6.99. The van der Waals surface area contributed by atoms with E-state index in [0.29, 0.717) is 0 Å². The van der Waals surface area contributed by atoms with Gasteiger partial charge in [0, 0.05) is 31.4 Å². The highest BCUT2D eigenvalue weighted by Crippen LogP contribution is 2.23. The van der Waals surface area contributed by atoms with E-state index in [1.807, 2.05) is 32.3 Å². The molecule has 0 atom stereocenters. The molecular formula is C15H23N3O. The van der Waals surface area contributed by atoms with Crippen molar-refractivity contribution in [1.29, 1.82) is 0 Å². The molecule has 4 nitrogen and oxygen atoms in total. The van der Waals surface area contributed by atoms with Crippen LogP contribution in [0.4, 0.5) is 5.69 Å². The number of benzene rings is 1. The first-order valence-corrected chi connectivity index (χ1v) is 6.99. The number of rotatable bonds is 5. The summed E-state index contributed by atoms with van der Waals surface area (Å²) in [4.78, 5) is 14.1. The van der Waals surface area contributed by atoms with Gasteiger partial charge in [-0.15, -0.1) is 0 Å². The molecule has 0 bridgehead atoms. The molecular weight excluding hydrogens is 238 g/mol. The Morgan fingerprint density at radius 3 is 3.11 bits per heavy atom. The second-order valence-electron chi connectivity index (χ2n) is 5.09. The Morgan fingerprint density at radius 2 is 2.32 bits per heavy atom. The van der Waals surface area contributed by atoms with Crippen molar-refractivity contribution in [1.82, 2.24) is 10.2 Å². The normalized spacial score (nSPS) is 13.6. The molecule has 1 aliphatic rings. The Hall–Kier alpha value is -1.55. The van der Waals surface area contributed by atoms with Gasteiger partial charge in [0.1, 0.15) is 0 Å². The SMILES string of the molecule is CNCCCN(C)C(=O)c1ccc2c(c1)CCCN2. The summed E-state index contributed by atoms with van der Waals surface area (Å²) in [5.41, 5.74) is 3.25. The second-order valence-corrected chi connectivity index (χ2v) is 5.09. The number of hydrogen-bond donors (Lipinski definition) is 2. The van der Waals surface area contributed by atoms with Crippen molar-refractivity contribution >= 4 is 11.6 Å². The zero-order valence-electron chi connectivity index (χ0n) is 11.8. The van der Waals surface area contributed by atoms with Gasteiger partial charge >= 0.3 is 0 Å². The number of carbonyl (C=O) groups excluding carboxylic acids is 1. The molecule has 0 spiro atoms. The predicted octanol–water partition coefficient (Wildman–Crippen LogP) is 1.73. The maximum Gasteiger partial charge on any atom is 0.253 e. The Morgan fingerprint density at radius 1 is 1.47 bits per heavy atom. The van der Waals surface area contributed by atoms with Gasteiger partial charge < -0.3 is 15.5 Å². The van der Waals surface area contributed by atoms with Crippen molar-refractivity contribution in [2.24, 2.45) is 0 Å². The number of anilines is 1. The Kier molecular flexibility index (Phi) is 4.80. The molecule has 1 aliphatic heterocycles. The molecule has 0 unspecified atom stereocenters. The number of nitrogens with one attached hydrogen (secondary N) is 2. The van der Waals surface area contributed by atoms with Crippen LogP contribution < -0.4 is 10.6 Å². The largest absolute Gasteiger partial charge is 0.385 e. The second kappa shape index (κ2) is 6.57. The van der Waals surface area contributed by atoms with Crippen LogP contribution in [0.15, 0.2) is 18.2 Å². The van der Waals surface area contributed by atoms with Gasteiger partial charge in [0.05, 0.1) is 0 Å². The summed E-state index contributed by atoms with van der Waals surface area (Å²) in [5.74, 6) is 0.115. The Labute approximate surface area is 115 Å². The fourth-order valence-electron chi connectivity index (χ4n) is 2.42. The fraction of sp³-hybridized carbons (Fsp3) is 0.533. The van der Waals surface area contributed by atoms with E-state index in [2.05, 4.69) is 10.6 Å². The summed E-state index contributed by atoms with van der Waals surface area (Å²) < 4.78 is 0. The molecule has 0 fully saturated rings. The number of hydrogen-bond acceptors (Lipinski definition) is 3. The van der Waals surface area contributed by atoms with E-state index < -0.39 is 0 Å². The van der Waals surface area contributed by atoms with Gasteiger partial charge in [0.25, 0.3) is 5.91 Å². The maximum absolute atomic E-state index is 12.3. The summed E-state index contributed by atoms with van der Waals surface area (Å²) in [7, 11) is 3.80. The van der Waals surface area contributed by atoms with E-state index in [1.54, 1.807) is 4.90 Å². The molecule has 4 heteroatoms. The lowest BCUT2D eigenvalue weighted by Crippen LogP contribution is -2.29. The zero-order chi connectivity index (χ0) is 13.7. The van der Waals surface area contributed by atoms with E-state index in [0.717, 1.165) is 44.5 Å². The lowest BCUT2D eigenvalue weighted by atomic mass is 10.0. The first kappa shape index (κ1) is 13.9. The Balaban J connectivity index is 2.02. The maximum atomic E-state index is 12.3. The van der Waals surface area contributed by atoms with Crippen LogP contribution >= 0.6 is 0 Å². The lowest BCUT2D eigenvalue weighted by molar-refractivity contribution is 0.0793. The number of carbonyl (C=O) groups is 1. The van der Waals surface area contributed by atoms with Gasteiger partial charge in [-0.2, -0.15) is 0 Å². The summed E-state index contributed by atoms with van der Waals surface area (Å²) in [6, 6.07) is 6.00. The van der Waals surface area contributed by atoms with E-state index >= 15 is 0 Å². The van der Waals surface area contributed by atoms with Crippen LogP contribution in [0.25, 0.3) is 0 Å². The average Bonchev–Trinajstić information content (AvgIpc) is 2.46. The molecule has 0 aromatic heterocycles. The molecule has 1 heterocycles. The van der Waals surface area contributed by atoms with Crippen LogP contribution in [0.5, 0.6) is 0 Å². The monoisotopic (exact) mass is 261 g/mol. The minimum Gasteiger partial charge on any atom is -0.385 e. The number of aryl methyl sites for hydroxylation is 1. The van der Waals surface area contributed by atoms with Crippen molar-refractivity contribution in [3.63, 3.8) is 0 Å². The molecule has 2 N–H and O–H groups in total. The molecule has 0 radical (unpaired) electrons. The standard InChI is InChI=1S/C15H23N3O/c1-16-8-4-10-18(2)15(19)13-6-7-14-12(11-13)5-3-9-17-14/h6-7,11,16-17H,3-5,8-10H2,1-2H3. The summed E-state index contributed by atoms with van der Waals surface area (Å²) >= 11 is 0. The van der Waals surface area contributed by atoms with Crippen LogP contribution in [0.3, 0.4) is 0 Å². The third-order valence-corrected chi connectivity index (χ3v) is 3.56. The van der Waals surface area contributed by atoms with Gasteiger partial charge in [-0.1, -0.05) is 0 Å². The highest BCUT2D eigenvalue weighted by molar-refractivity contribution is 5.94. The highest BCUT2D eigenvalue weighted by atomic mass is 16.2. The number of nitrogens with zero attached hydrogens (tertiary/aromatic N) is 1.